The molecule has 1 atom stereocenters. The molecule has 196 valence electrons. The molecule has 0 fully saturated rings. The van der Waals surface area contributed by atoms with Gasteiger partial charge in [-0.15, -0.1) is 0 Å². The third kappa shape index (κ3) is 6.89. The lowest BCUT2D eigenvalue weighted by Crippen LogP contribution is -2.51. The molecule has 0 aliphatic heterocycles. The van der Waals surface area contributed by atoms with Crippen molar-refractivity contribution >= 4 is 27.5 Å². The van der Waals surface area contributed by atoms with Gasteiger partial charge < -0.3 is 15.0 Å². The number of ether oxygens (including phenoxy) is 1. The van der Waals surface area contributed by atoms with Gasteiger partial charge in [0.25, 0.3) is 10.0 Å². The van der Waals surface area contributed by atoms with E-state index in [-0.39, 0.29) is 23.0 Å². The number of carbonyl (C=O) groups is 2. The Bertz CT molecular complexity index is 1310. The van der Waals surface area contributed by atoms with Crippen LogP contribution < -0.4 is 14.4 Å². The predicted molar refractivity (Wildman–Crippen MR) is 144 cm³/mol. The zero-order chi connectivity index (χ0) is 27.0. The number of carbonyl (C=O) groups excluding carboxylic acids is 2. The number of amides is 2. The summed E-state index contributed by atoms with van der Waals surface area (Å²) in [6, 6.07) is 21.8. The van der Waals surface area contributed by atoms with Crippen molar-refractivity contribution in [3.8, 4) is 5.75 Å². The number of benzene rings is 3. The van der Waals surface area contributed by atoms with Crippen molar-refractivity contribution in [2.45, 2.75) is 31.2 Å². The highest BCUT2D eigenvalue weighted by Crippen LogP contribution is 2.27. The van der Waals surface area contributed by atoms with Gasteiger partial charge in [0.15, 0.2) is 0 Å². The molecule has 0 spiro atoms. The van der Waals surface area contributed by atoms with Gasteiger partial charge in [-0.1, -0.05) is 54.1 Å². The summed E-state index contributed by atoms with van der Waals surface area (Å²) in [6.07, 6.45) is 0.512. The number of hydrogen-bond acceptors (Lipinski definition) is 5. The molecule has 0 aliphatic carbocycles. The second kappa shape index (κ2) is 12.4. The average molecular weight is 524 g/mol. The second-order valence-electron chi connectivity index (χ2n) is 8.64. The van der Waals surface area contributed by atoms with E-state index in [4.69, 9.17) is 4.74 Å². The Kier molecular flexibility index (Phi) is 9.30. The fourth-order valence-corrected chi connectivity index (χ4v) is 5.32. The van der Waals surface area contributed by atoms with E-state index >= 15 is 0 Å². The van der Waals surface area contributed by atoms with Gasteiger partial charge in [-0.3, -0.25) is 13.9 Å². The zero-order valence-electron chi connectivity index (χ0n) is 21.5. The van der Waals surface area contributed by atoms with Crippen LogP contribution in [0.1, 0.15) is 18.1 Å². The number of rotatable bonds is 11. The topological polar surface area (TPSA) is 96.0 Å². The molecular weight excluding hydrogens is 490 g/mol. The lowest BCUT2D eigenvalue weighted by atomic mass is 10.1. The van der Waals surface area contributed by atoms with Gasteiger partial charge in [0.05, 0.1) is 17.7 Å². The monoisotopic (exact) mass is 523 g/mol. The minimum atomic E-state index is -4.11. The first kappa shape index (κ1) is 27.7. The first-order valence-corrected chi connectivity index (χ1v) is 13.4. The molecule has 2 amide bonds. The zero-order valence-corrected chi connectivity index (χ0v) is 22.4. The first-order valence-electron chi connectivity index (χ1n) is 12.0. The van der Waals surface area contributed by atoms with Crippen LogP contribution in [-0.4, -0.2) is 58.4 Å². The average Bonchev–Trinajstić information content (AvgIpc) is 2.91. The van der Waals surface area contributed by atoms with E-state index in [9.17, 15) is 18.0 Å². The van der Waals surface area contributed by atoms with Crippen LogP contribution >= 0.6 is 0 Å². The molecule has 3 rings (SSSR count). The Morgan fingerprint density at radius 2 is 1.65 bits per heavy atom. The number of anilines is 1. The molecule has 37 heavy (non-hydrogen) atoms. The molecule has 3 aromatic rings. The number of nitrogens with zero attached hydrogens (tertiary/aromatic N) is 2. The Morgan fingerprint density at radius 1 is 0.973 bits per heavy atom. The summed E-state index contributed by atoms with van der Waals surface area (Å²) < 4.78 is 33.9. The van der Waals surface area contributed by atoms with E-state index in [1.54, 1.807) is 43.3 Å². The minimum absolute atomic E-state index is 0.0592. The number of sulfonamides is 1. The molecule has 3 aromatic carbocycles. The van der Waals surface area contributed by atoms with Crippen molar-refractivity contribution in [3.63, 3.8) is 0 Å². The van der Waals surface area contributed by atoms with Crippen molar-refractivity contribution < 1.29 is 22.7 Å². The third-order valence-electron chi connectivity index (χ3n) is 6.13. The summed E-state index contributed by atoms with van der Waals surface area (Å²) in [7, 11) is -1.12. The summed E-state index contributed by atoms with van der Waals surface area (Å²) in [6.45, 7) is 3.25. The van der Waals surface area contributed by atoms with Gasteiger partial charge in [0.1, 0.15) is 18.3 Å². The number of likely N-dealkylation sites (N-methyl/N-ethyl adjacent to an activating group) is 1. The largest absolute Gasteiger partial charge is 0.497 e. The second-order valence-corrected chi connectivity index (χ2v) is 10.5. The quantitative estimate of drug-likeness (QED) is 0.416. The number of methoxy groups -OCH3 is 1. The van der Waals surface area contributed by atoms with E-state index in [0.29, 0.717) is 12.2 Å². The molecule has 0 aromatic heterocycles. The molecular formula is C28H33N3O5S. The molecule has 0 saturated heterocycles. The summed E-state index contributed by atoms with van der Waals surface area (Å²) in [4.78, 5) is 27.7. The Hall–Kier alpha value is -3.85. The number of nitrogens with one attached hydrogen (secondary N) is 1. The Balaban J connectivity index is 1.99. The number of aryl methyl sites for hydroxylation is 1. The third-order valence-corrected chi connectivity index (χ3v) is 7.92. The van der Waals surface area contributed by atoms with E-state index in [1.165, 1.54) is 31.2 Å². The maximum Gasteiger partial charge on any atom is 0.264 e. The van der Waals surface area contributed by atoms with Crippen LogP contribution in [0.15, 0.2) is 83.8 Å². The molecule has 1 unspecified atom stereocenters. The highest BCUT2D eigenvalue weighted by atomic mass is 32.2. The van der Waals surface area contributed by atoms with Crippen LogP contribution in [0.25, 0.3) is 0 Å². The van der Waals surface area contributed by atoms with Crippen molar-refractivity contribution in [3.05, 3.63) is 90.0 Å². The SMILES string of the molecule is CNC(=O)C(C)N(CCc1ccccc1)C(=O)CN(c1cccc(OC)c1)S(=O)(=O)c1ccc(C)cc1. The molecule has 0 radical (unpaired) electrons. The molecule has 0 heterocycles. The highest BCUT2D eigenvalue weighted by Gasteiger charge is 2.32. The van der Waals surface area contributed by atoms with Crippen LogP contribution in [0.2, 0.25) is 0 Å². The normalized spacial score (nSPS) is 11.9. The van der Waals surface area contributed by atoms with Crippen LogP contribution in [0.3, 0.4) is 0 Å². The van der Waals surface area contributed by atoms with Gasteiger partial charge in [-0.05, 0) is 50.1 Å². The van der Waals surface area contributed by atoms with E-state index < -0.39 is 28.5 Å². The first-order chi connectivity index (χ1) is 17.7. The molecule has 8 nitrogen and oxygen atoms in total. The maximum atomic E-state index is 13.8. The Labute approximate surface area is 218 Å². The van der Waals surface area contributed by atoms with Crippen LogP contribution in [0.4, 0.5) is 5.69 Å². The fourth-order valence-electron chi connectivity index (χ4n) is 3.91. The molecule has 1 N–H and O–H groups in total. The predicted octanol–water partition coefficient (Wildman–Crippen LogP) is 3.40. The van der Waals surface area contributed by atoms with Crippen LogP contribution in [0, 0.1) is 6.92 Å². The van der Waals surface area contributed by atoms with Gasteiger partial charge in [0.2, 0.25) is 11.8 Å². The summed E-state index contributed by atoms with van der Waals surface area (Å²) >= 11 is 0. The van der Waals surface area contributed by atoms with Gasteiger partial charge in [0, 0.05) is 19.7 Å². The lowest BCUT2D eigenvalue weighted by Gasteiger charge is -2.31. The van der Waals surface area contributed by atoms with Gasteiger partial charge in [-0.2, -0.15) is 0 Å². The molecule has 0 saturated carbocycles. The number of hydrogen-bond donors (Lipinski definition) is 1. The smallest absolute Gasteiger partial charge is 0.264 e. The summed E-state index contributed by atoms with van der Waals surface area (Å²) in [5.41, 5.74) is 2.19. The van der Waals surface area contributed by atoms with E-state index in [1.807, 2.05) is 37.3 Å². The van der Waals surface area contributed by atoms with Crippen LogP contribution in [0.5, 0.6) is 5.75 Å². The fraction of sp³-hybridized carbons (Fsp3) is 0.286. The lowest BCUT2D eigenvalue weighted by molar-refractivity contribution is -0.138. The summed E-state index contributed by atoms with van der Waals surface area (Å²) in [5, 5.41) is 2.58. The molecule has 0 bridgehead atoms. The summed E-state index contributed by atoms with van der Waals surface area (Å²) in [5.74, 6) is -0.380. The molecule has 0 aliphatic rings. The van der Waals surface area contributed by atoms with Crippen molar-refractivity contribution in [1.29, 1.82) is 0 Å². The van der Waals surface area contributed by atoms with Crippen molar-refractivity contribution in [1.82, 2.24) is 10.2 Å². The van der Waals surface area contributed by atoms with Crippen molar-refractivity contribution in [2.75, 3.05) is 31.6 Å². The maximum absolute atomic E-state index is 13.8. The highest BCUT2D eigenvalue weighted by molar-refractivity contribution is 7.92. The van der Waals surface area contributed by atoms with Gasteiger partial charge in [-0.25, -0.2) is 8.42 Å². The van der Waals surface area contributed by atoms with Crippen LogP contribution in [-0.2, 0) is 26.0 Å². The standard InChI is InChI=1S/C28H33N3O5S/c1-21-13-15-26(16-14-21)37(34,35)31(24-11-8-12-25(19-24)36-4)20-27(32)30(22(2)28(33)29-3)18-17-23-9-6-5-7-10-23/h5-16,19,22H,17-18,20H2,1-4H3,(H,29,33). The Morgan fingerprint density at radius 3 is 2.27 bits per heavy atom. The van der Waals surface area contributed by atoms with E-state index in [2.05, 4.69) is 5.32 Å². The van der Waals surface area contributed by atoms with E-state index in [0.717, 1.165) is 15.4 Å². The van der Waals surface area contributed by atoms with Crippen molar-refractivity contribution in [2.24, 2.45) is 0 Å². The molecule has 9 heteroatoms. The van der Waals surface area contributed by atoms with Gasteiger partial charge >= 0.3 is 0 Å². The minimum Gasteiger partial charge on any atom is -0.497 e.